The zero-order valence-electron chi connectivity index (χ0n) is 33.4. The first kappa shape index (κ1) is 41.5. The van der Waals surface area contributed by atoms with Crippen molar-refractivity contribution in [1.29, 1.82) is 0 Å². The first-order chi connectivity index (χ1) is 23.3. The SMILES string of the molecule is CCCN1CCC(CCOC(=O)CCC(=O)Cc2c(C)c(C)c3c(c2C)CCC(C)(CCCC(C)CCCC(C)CCCC(C)C)O3)CC1. The van der Waals surface area contributed by atoms with Crippen LogP contribution in [-0.4, -0.2) is 48.5 Å². The Bertz CT molecular complexity index is 1170. The van der Waals surface area contributed by atoms with Gasteiger partial charge in [-0.05, 0) is 150 Å². The number of rotatable bonds is 22. The third kappa shape index (κ3) is 14.0. The van der Waals surface area contributed by atoms with Gasteiger partial charge in [-0.3, -0.25) is 9.59 Å². The molecule has 280 valence electrons. The monoisotopic (exact) mass is 682 g/mol. The molecule has 0 saturated carbocycles. The minimum absolute atomic E-state index is 0.113. The number of Topliss-reactive ketones (excluding diaryl/α,β-unsaturated/α-hetero) is 1. The number of hydrogen-bond acceptors (Lipinski definition) is 5. The average molecular weight is 682 g/mol. The molecule has 1 fully saturated rings. The fourth-order valence-electron chi connectivity index (χ4n) is 8.38. The Balaban J connectivity index is 1.40. The zero-order chi connectivity index (χ0) is 36.0. The molecule has 2 aliphatic heterocycles. The number of ether oxygens (including phenoxy) is 2. The molecule has 3 unspecified atom stereocenters. The lowest BCUT2D eigenvalue weighted by atomic mass is 9.81. The highest BCUT2D eigenvalue weighted by Crippen LogP contribution is 2.43. The maximum atomic E-state index is 13.1. The topological polar surface area (TPSA) is 55.8 Å². The van der Waals surface area contributed by atoms with Crippen LogP contribution < -0.4 is 4.74 Å². The van der Waals surface area contributed by atoms with Crippen LogP contribution in [0.2, 0.25) is 0 Å². The first-order valence-corrected chi connectivity index (χ1v) is 20.5. The third-order valence-electron chi connectivity index (χ3n) is 12.1. The lowest BCUT2D eigenvalue weighted by Crippen LogP contribution is -2.37. The fraction of sp³-hybridized carbons (Fsp3) is 0.818. The van der Waals surface area contributed by atoms with Crippen molar-refractivity contribution < 1.29 is 19.1 Å². The highest BCUT2D eigenvalue weighted by atomic mass is 16.5. The molecule has 3 atom stereocenters. The van der Waals surface area contributed by atoms with Crippen molar-refractivity contribution in [2.45, 2.75) is 183 Å². The molecule has 2 heterocycles. The van der Waals surface area contributed by atoms with Crippen LogP contribution in [0, 0.1) is 44.4 Å². The number of hydrogen-bond donors (Lipinski definition) is 0. The fourth-order valence-corrected chi connectivity index (χ4v) is 8.38. The minimum Gasteiger partial charge on any atom is -0.487 e. The smallest absolute Gasteiger partial charge is 0.306 e. The van der Waals surface area contributed by atoms with Crippen LogP contribution in [-0.2, 0) is 27.2 Å². The standard InChI is InChI=1S/C44H75NO4/c1-10-27-45-28-22-38(23-29-45)24-30-48-42(47)20-19-39(46)31-41-35(6)36(7)43-40(37(41)8)21-26-44(9,49-43)25-13-18-34(5)17-12-16-33(4)15-11-14-32(2)3/h32-34,38H,10-31H2,1-9H3. The van der Waals surface area contributed by atoms with Gasteiger partial charge in [-0.15, -0.1) is 0 Å². The number of benzene rings is 1. The number of fused-ring (bicyclic) bond motifs is 1. The molecule has 2 aliphatic rings. The molecule has 1 aromatic carbocycles. The Morgan fingerprint density at radius 1 is 0.878 bits per heavy atom. The van der Waals surface area contributed by atoms with E-state index < -0.39 is 0 Å². The Morgan fingerprint density at radius 2 is 1.51 bits per heavy atom. The molecule has 0 aromatic heterocycles. The summed E-state index contributed by atoms with van der Waals surface area (Å²) in [7, 11) is 0. The average Bonchev–Trinajstić information content (AvgIpc) is 3.05. The molecule has 0 aliphatic carbocycles. The van der Waals surface area contributed by atoms with E-state index in [1.807, 2.05) is 0 Å². The van der Waals surface area contributed by atoms with Crippen LogP contribution in [0.5, 0.6) is 5.75 Å². The lowest BCUT2D eigenvalue weighted by Gasteiger charge is -2.38. The number of carbonyl (C=O) groups excluding carboxylic acids is 2. The van der Waals surface area contributed by atoms with Crippen molar-refractivity contribution in [3.63, 3.8) is 0 Å². The molecule has 0 bridgehead atoms. The first-order valence-electron chi connectivity index (χ1n) is 20.5. The van der Waals surface area contributed by atoms with Crippen molar-refractivity contribution in [1.82, 2.24) is 4.90 Å². The summed E-state index contributed by atoms with van der Waals surface area (Å²) in [5, 5.41) is 0. The van der Waals surface area contributed by atoms with E-state index in [1.54, 1.807) is 0 Å². The number of ketones is 1. The van der Waals surface area contributed by atoms with E-state index in [2.05, 4.69) is 67.2 Å². The second kappa shape index (κ2) is 20.8. The molecule has 0 N–H and O–H groups in total. The molecule has 49 heavy (non-hydrogen) atoms. The maximum absolute atomic E-state index is 13.1. The maximum Gasteiger partial charge on any atom is 0.306 e. The van der Waals surface area contributed by atoms with E-state index in [-0.39, 0.29) is 30.2 Å². The summed E-state index contributed by atoms with van der Waals surface area (Å²) in [5.74, 6) is 4.03. The van der Waals surface area contributed by atoms with Gasteiger partial charge in [0.1, 0.15) is 17.1 Å². The van der Waals surface area contributed by atoms with Crippen molar-refractivity contribution in [3.05, 3.63) is 27.8 Å². The van der Waals surface area contributed by atoms with Gasteiger partial charge in [0.05, 0.1) is 13.0 Å². The predicted octanol–water partition coefficient (Wildman–Crippen LogP) is 11.1. The number of carbonyl (C=O) groups is 2. The molecule has 3 rings (SSSR count). The normalized spacial score (nSPS) is 19.8. The van der Waals surface area contributed by atoms with E-state index in [0.717, 1.165) is 73.4 Å². The Morgan fingerprint density at radius 3 is 2.14 bits per heavy atom. The third-order valence-corrected chi connectivity index (χ3v) is 12.1. The van der Waals surface area contributed by atoms with Crippen LogP contribution in [0.4, 0.5) is 0 Å². The van der Waals surface area contributed by atoms with Gasteiger partial charge in [0.2, 0.25) is 0 Å². The lowest BCUT2D eigenvalue weighted by molar-refractivity contribution is -0.145. The van der Waals surface area contributed by atoms with Gasteiger partial charge in [-0.1, -0.05) is 79.6 Å². The summed E-state index contributed by atoms with van der Waals surface area (Å²) in [6.45, 7) is 24.5. The largest absolute Gasteiger partial charge is 0.487 e. The quantitative estimate of drug-likeness (QED) is 0.114. The number of esters is 1. The summed E-state index contributed by atoms with van der Waals surface area (Å²) < 4.78 is 12.4. The van der Waals surface area contributed by atoms with Gasteiger partial charge < -0.3 is 14.4 Å². The summed E-state index contributed by atoms with van der Waals surface area (Å²) in [6, 6.07) is 0. The van der Waals surface area contributed by atoms with Crippen molar-refractivity contribution in [2.24, 2.45) is 23.7 Å². The van der Waals surface area contributed by atoms with Gasteiger partial charge in [0, 0.05) is 12.8 Å². The second-order valence-corrected chi connectivity index (χ2v) is 17.1. The summed E-state index contributed by atoms with van der Waals surface area (Å²) in [6.07, 6.45) is 19.1. The molecule has 5 nitrogen and oxygen atoms in total. The van der Waals surface area contributed by atoms with Gasteiger partial charge in [0.25, 0.3) is 0 Å². The molecule has 0 radical (unpaired) electrons. The van der Waals surface area contributed by atoms with E-state index in [1.165, 1.54) is 93.9 Å². The summed E-state index contributed by atoms with van der Waals surface area (Å²) in [5.41, 5.74) is 5.80. The Labute approximate surface area is 302 Å². The van der Waals surface area contributed by atoms with Crippen LogP contribution in [0.25, 0.3) is 0 Å². The van der Waals surface area contributed by atoms with Gasteiger partial charge in [-0.25, -0.2) is 0 Å². The van der Waals surface area contributed by atoms with Crippen molar-refractivity contribution >= 4 is 11.8 Å². The molecular formula is C44H75NO4. The van der Waals surface area contributed by atoms with Crippen LogP contribution in [0.1, 0.15) is 172 Å². The highest BCUT2D eigenvalue weighted by Gasteiger charge is 2.34. The predicted molar refractivity (Wildman–Crippen MR) is 206 cm³/mol. The number of likely N-dealkylation sites (tertiary alicyclic amines) is 1. The highest BCUT2D eigenvalue weighted by molar-refractivity contribution is 5.85. The molecule has 0 amide bonds. The van der Waals surface area contributed by atoms with Gasteiger partial charge in [-0.2, -0.15) is 0 Å². The van der Waals surface area contributed by atoms with Gasteiger partial charge in [0.15, 0.2) is 0 Å². The van der Waals surface area contributed by atoms with Crippen molar-refractivity contribution in [2.75, 3.05) is 26.2 Å². The zero-order valence-corrected chi connectivity index (χ0v) is 33.4. The van der Waals surface area contributed by atoms with E-state index in [9.17, 15) is 9.59 Å². The second-order valence-electron chi connectivity index (χ2n) is 17.1. The number of nitrogens with zero attached hydrogens (tertiary/aromatic N) is 1. The Kier molecular flexibility index (Phi) is 17.7. The Hall–Kier alpha value is -1.88. The molecular weight excluding hydrogens is 606 g/mol. The molecule has 1 aromatic rings. The number of piperidine rings is 1. The minimum atomic E-state index is -0.240. The molecule has 0 spiro atoms. The summed E-state index contributed by atoms with van der Waals surface area (Å²) in [4.78, 5) is 28.1. The van der Waals surface area contributed by atoms with E-state index >= 15 is 0 Å². The van der Waals surface area contributed by atoms with Crippen LogP contribution in [0.3, 0.4) is 0 Å². The molecule has 1 saturated heterocycles. The van der Waals surface area contributed by atoms with Crippen LogP contribution in [0.15, 0.2) is 0 Å². The van der Waals surface area contributed by atoms with Crippen molar-refractivity contribution in [3.8, 4) is 5.75 Å². The van der Waals surface area contributed by atoms with E-state index in [4.69, 9.17) is 9.47 Å². The van der Waals surface area contributed by atoms with E-state index in [0.29, 0.717) is 18.9 Å². The summed E-state index contributed by atoms with van der Waals surface area (Å²) >= 11 is 0. The molecule has 5 heteroatoms. The van der Waals surface area contributed by atoms with Gasteiger partial charge >= 0.3 is 5.97 Å². The van der Waals surface area contributed by atoms with Crippen LogP contribution >= 0.6 is 0 Å².